The second kappa shape index (κ2) is 5.59. The van der Waals surface area contributed by atoms with Crippen LogP contribution in [0.15, 0.2) is 24.5 Å². The van der Waals surface area contributed by atoms with Crippen molar-refractivity contribution in [2.75, 3.05) is 26.2 Å². The van der Waals surface area contributed by atoms with Gasteiger partial charge in [-0.15, -0.1) is 0 Å². The average Bonchev–Trinajstić information content (AvgIpc) is 2.38. The fourth-order valence-corrected chi connectivity index (χ4v) is 1.96. The fourth-order valence-electron chi connectivity index (χ4n) is 1.96. The van der Waals surface area contributed by atoms with Crippen LogP contribution in [0.1, 0.15) is 5.56 Å². The molecule has 1 aliphatic heterocycles. The molecule has 1 N–H and O–H groups in total. The van der Waals surface area contributed by atoms with Gasteiger partial charge in [0.1, 0.15) is 6.04 Å². The van der Waals surface area contributed by atoms with Crippen LogP contribution in [0.2, 0.25) is 0 Å². The van der Waals surface area contributed by atoms with Crippen molar-refractivity contribution < 1.29 is 0 Å². The topological polar surface area (TPSA) is 52.0 Å². The number of pyridine rings is 1. The third-order valence-corrected chi connectivity index (χ3v) is 2.94. The van der Waals surface area contributed by atoms with Crippen molar-refractivity contribution in [1.82, 2.24) is 15.2 Å². The minimum absolute atomic E-state index is 0.0237. The van der Waals surface area contributed by atoms with Crippen molar-refractivity contribution in [3.05, 3.63) is 30.1 Å². The molecule has 2 rings (SSSR count). The molecule has 4 nitrogen and oxygen atoms in total. The van der Waals surface area contributed by atoms with Gasteiger partial charge in [-0.3, -0.25) is 9.88 Å². The lowest BCUT2D eigenvalue weighted by Gasteiger charge is -2.31. The van der Waals surface area contributed by atoms with Crippen LogP contribution >= 0.6 is 0 Å². The Labute approximate surface area is 95.9 Å². The molecule has 1 aromatic heterocycles. The molecule has 2 heterocycles. The van der Waals surface area contributed by atoms with Gasteiger partial charge in [0.2, 0.25) is 0 Å². The highest BCUT2D eigenvalue weighted by molar-refractivity contribution is 5.10. The van der Waals surface area contributed by atoms with Crippen LogP contribution in [-0.4, -0.2) is 42.1 Å². The van der Waals surface area contributed by atoms with E-state index in [1.54, 1.807) is 0 Å². The molecule has 1 fully saturated rings. The predicted molar refractivity (Wildman–Crippen MR) is 61.8 cm³/mol. The number of nitrogens with one attached hydrogen (secondary N) is 1. The summed E-state index contributed by atoms with van der Waals surface area (Å²) < 4.78 is 0. The van der Waals surface area contributed by atoms with Crippen molar-refractivity contribution in [2.24, 2.45) is 0 Å². The molecule has 0 saturated carbocycles. The molecule has 1 aliphatic rings. The van der Waals surface area contributed by atoms with Crippen LogP contribution in [0.4, 0.5) is 0 Å². The van der Waals surface area contributed by atoms with E-state index in [-0.39, 0.29) is 6.04 Å². The Bertz CT molecular complexity index is 357. The van der Waals surface area contributed by atoms with E-state index in [9.17, 15) is 0 Å². The largest absolute Gasteiger partial charge is 0.313 e. The van der Waals surface area contributed by atoms with E-state index in [0.29, 0.717) is 0 Å². The second-order valence-electron chi connectivity index (χ2n) is 3.99. The number of nitrogens with zero attached hydrogens (tertiary/aromatic N) is 3. The van der Waals surface area contributed by atoms with Crippen LogP contribution in [0.5, 0.6) is 0 Å². The predicted octanol–water partition coefficient (Wildman–Crippen LogP) is 0.421. The number of nitriles is 1. The van der Waals surface area contributed by atoms with Crippen molar-refractivity contribution in [2.45, 2.75) is 12.5 Å². The third-order valence-electron chi connectivity index (χ3n) is 2.94. The van der Waals surface area contributed by atoms with Crippen LogP contribution < -0.4 is 5.32 Å². The summed E-state index contributed by atoms with van der Waals surface area (Å²) in [6.07, 6.45) is 4.62. The molecule has 4 heteroatoms. The average molecular weight is 216 g/mol. The highest BCUT2D eigenvalue weighted by atomic mass is 15.2. The van der Waals surface area contributed by atoms with E-state index in [0.717, 1.165) is 32.6 Å². The fraction of sp³-hybridized carbons (Fsp3) is 0.500. The minimum atomic E-state index is 0.0237. The minimum Gasteiger partial charge on any atom is -0.313 e. The van der Waals surface area contributed by atoms with E-state index in [1.807, 2.05) is 24.5 Å². The van der Waals surface area contributed by atoms with Gasteiger partial charge < -0.3 is 5.32 Å². The van der Waals surface area contributed by atoms with Gasteiger partial charge >= 0.3 is 0 Å². The monoisotopic (exact) mass is 216 g/mol. The zero-order valence-electron chi connectivity index (χ0n) is 9.26. The first-order valence-electron chi connectivity index (χ1n) is 5.63. The summed E-state index contributed by atoms with van der Waals surface area (Å²) in [5.41, 5.74) is 1.28. The molecule has 0 aromatic carbocycles. The van der Waals surface area contributed by atoms with Crippen LogP contribution in [-0.2, 0) is 6.42 Å². The van der Waals surface area contributed by atoms with Gasteiger partial charge in [-0.05, 0) is 24.1 Å². The summed E-state index contributed by atoms with van der Waals surface area (Å²) in [6, 6.07) is 6.43. The highest BCUT2D eigenvalue weighted by Crippen LogP contribution is 2.05. The summed E-state index contributed by atoms with van der Waals surface area (Å²) in [6.45, 7) is 3.68. The molecule has 0 aliphatic carbocycles. The van der Waals surface area contributed by atoms with Gasteiger partial charge in [-0.1, -0.05) is 0 Å². The van der Waals surface area contributed by atoms with Gasteiger partial charge in [0, 0.05) is 38.6 Å². The highest BCUT2D eigenvalue weighted by Gasteiger charge is 2.20. The number of rotatable bonds is 3. The van der Waals surface area contributed by atoms with Gasteiger partial charge in [-0.2, -0.15) is 5.26 Å². The Kier molecular flexibility index (Phi) is 3.86. The zero-order chi connectivity index (χ0) is 11.2. The molecule has 0 spiro atoms. The van der Waals surface area contributed by atoms with E-state index in [2.05, 4.69) is 21.3 Å². The van der Waals surface area contributed by atoms with Crippen molar-refractivity contribution >= 4 is 0 Å². The maximum Gasteiger partial charge on any atom is 0.110 e. The van der Waals surface area contributed by atoms with Gasteiger partial charge in [0.25, 0.3) is 0 Å². The number of hydrogen-bond donors (Lipinski definition) is 1. The molecule has 0 bridgehead atoms. The normalized spacial score (nSPS) is 21.6. The lowest BCUT2D eigenvalue weighted by molar-refractivity contribution is 0.200. The van der Waals surface area contributed by atoms with Crippen molar-refractivity contribution in [3.8, 4) is 6.07 Å². The number of piperazine rings is 1. The molecular weight excluding hydrogens is 200 g/mol. The Hall–Kier alpha value is -1.44. The van der Waals surface area contributed by atoms with Crippen molar-refractivity contribution in [3.63, 3.8) is 0 Å². The smallest absolute Gasteiger partial charge is 0.110 e. The van der Waals surface area contributed by atoms with Crippen LogP contribution in [0, 0.1) is 11.3 Å². The maximum atomic E-state index is 9.02. The summed E-state index contributed by atoms with van der Waals surface area (Å²) in [5, 5.41) is 12.3. The Balaban J connectivity index is 1.87. The van der Waals surface area contributed by atoms with E-state index in [4.69, 9.17) is 5.26 Å². The summed E-state index contributed by atoms with van der Waals surface area (Å²) >= 11 is 0. The summed E-state index contributed by atoms with van der Waals surface area (Å²) in [7, 11) is 0. The maximum absolute atomic E-state index is 9.02. The third kappa shape index (κ3) is 2.78. The van der Waals surface area contributed by atoms with Gasteiger partial charge in [0.15, 0.2) is 0 Å². The van der Waals surface area contributed by atoms with Crippen LogP contribution in [0.3, 0.4) is 0 Å². The molecule has 84 valence electrons. The molecule has 0 radical (unpaired) electrons. The Morgan fingerprint density at radius 2 is 2.31 bits per heavy atom. The van der Waals surface area contributed by atoms with E-state index >= 15 is 0 Å². The molecule has 1 saturated heterocycles. The van der Waals surface area contributed by atoms with Crippen molar-refractivity contribution in [1.29, 1.82) is 5.26 Å². The second-order valence-corrected chi connectivity index (χ2v) is 3.99. The first-order valence-corrected chi connectivity index (χ1v) is 5.63. The molecule has 1 unspecified atom stereocenters. The SMILES string of the molecule is N#CC1CNCCN1CCc1ccncc1. The number of aromatic nitrogens is 1. The standard InChI is InChI=1S/C12H16N4/c13-9-12-10-15-6-8-16(12)7-3-11-1-4-14-5-2-11/h1-2,4-5,12,15H,3,6-8,10H2. The quantitative estimate of drug-likeness (QED) is 0.795. The zero-order valence-corrected chi connectivity index (χ0v) is 9.26. The Morgan fingerprint density at radius 3 is 3.06 bits per heavy atom. The summed E-state index contributed by atoms with van der Waals surface area (Å²) in [4.78, 5) is 6.24. The van der Waals surface area contributed by atoms with Gasteiger partial charge in [-0.25, -0.2) is 0 Å². The first-order chi connectivity index (χ1) is 7.90. The Morgan fingerprint density at radius 1 is 1.50 bits per heavy atom. The van der Waals surface area contributed by atoms with E-state index in [1.165, 1.54) is 5.56 Å². The molecule has 1 atom stereocenters. The van der Waals surface area contributed by atoms with E-state index < -0.39 is 0 Å². The molecule has 16 heavy (non-hydrogen) atoms. The number of hydrogen-bond acceptors (Lipinski definition) is 4. The van der Waals surface area contributed by atoms with Crippen LogP contribution in [0.25, 0.3) is 0 Å². The first kappa shape index (κ1) is 11.1. The molecular formula is C12H16N4. The lowest BCUT2D eigenvalue weighted by Crippen LogP contribution is -2.51. The van der Waals surface area contributed by atoms with Gasteiger partial charge in [0.05, 0.1) is 6.07 Å². The molecule has 0 amide bonds. The molecule has 1 aromatic rings. The summed E-state index contributed by atoms with van der Waals surface area (Å²) in [5.74, 6) is 0. The lowest BCUT2D eigenvalue weighted by atomic mass is 10.1.